The molecule has 0 fully saturated rings. The van der Waals surface area contributed by atoms with Gasteiger partial charge in [0, 0.05) is 18.0 Å². The molecule has 0 aliphatic heterocycles. The number of amides is 1. The highest BCUT2D eigenvalue weighted by atomic mass is 16.5. The first-order valence-electron chi connectivity index (χ1n) is 10.7. The molecule has 0 aliphatic rings. The van der Waals surface area contributed by atoms with Crippen molar-refractivity contribution in [1.82, 2.24) is 0 Å². The van der Waals surface area contributed by atoms with E-state index < -0.39 is 0 Å². The number of carbonyl (C=O) groups excluding carboxylic acids is 1. The number of aryl methyl sites for hydroxylation is 2. The fraction of sp³-hybridized carbons (Fsp3) is 0.192. The maximum absolute atomic E-state index is 13.3. The van der Waals surface area contributed by atoms with Crippen LogP contribution in [-0.4, -0.2) is 17.6 Å². The molecule has 168 valence electrons. The molecule has 0 unspecified atom stereocenters. The molecule has 4 rings (SSSR count). The van der Waals surface area contributed by atoms with Crippen LogP contribution in [0.4, 0.5) is 11.4 Å². The van der Waals surface area contributed by atoms with Crippen LogP contribution in [0.2, 0.25) is 0 Å². The number of anilines is 1. The lowest BCUT2D eigenvalue weighted by molar-refractivity contribution is -0.386. The number of aliphatic hydroxyl groups is 1. The Morgan fingerprint density at radius 3 is 2.64 bits per heavy atom. The highest BCUT2D eigenvalue weighted by molar-refractivity contribution is 6.05. The lowest BCUT2D eigenvalue weighted by Crippen LogP contribution is -2.23. The molecular formula is C26H26N3O4+. The van der Waals surface area contributed by atoms with Crippen molar-refractivity contribution in [2.24, 2.45) is 4.99 Å². The van der Waals surface area contributed by atoms with Gasteiger partial charge < -0.3 is 19.6 Å². The van der Waals surface area contributed by atoms with Crippen LogP contribution in [0.3, 0.4) is 0 Å². The largest absolute Gasteiger partial charge is 0.494 e. The van der Waals surface area contributed by atoms with Gasteiger partial charge in [0.25, 0.3) is 5.91 Å². The lowest BCUT2D eigenvalue weighted by atomic mass is 10.1. The van der Waals surface area contributed by atoms with E-state index in [1.165, 1.54) is 0 Å². The van der Waals surface area contributed by atoms with Crippen LogP contribution in [0, 0.1) is 13.8 Å². The molecule has 33 heavy (non-hydrogen) atoms. The number of fused-ring (bicyclic) bond motifs is 1. The average molecular weight is 445 g/mol. The third kappa shape index (κ3) is 4.94. The Kier molecular flexibility index (Phi) is 6.51. The van der Waals surface area contributed by atoms with Gasteiger partial charge in [-0.2, -0.15) is 0 Å². The zero-order chi connectivity index (χ0) is 23.4. The molecule has 0 saturated carbocycles. The minimum atomic E-state index is -0.356. The highest BCUT2D eigenvalue weighted by Gasteiger charge is 2.18. The summed E-state index contributed by atoms with van der Waals surface area (Å²) in [6.45, 7) is 6.12. The van der Waals surface area contributed by atoms with Gasteiger partial charge in [-0.1, -0.05) is 12.1 Å². The molecular weight excluding hydrogens is 418 g/mol. The summed E-state index contributed by atoms with van der Waals surface area (Å²) < 4.78 is 11.6. The van der Waals surface area contributed by atoms with Crippen molar-refractivity contribution in [3.05, 3.63) is 88.7 Å². The smallest absolute Gasteiger partial charge is 0.261 e. The monoisotopic (exact) mass is 444 g/mol. The molecule has 0 aliphatic carbocycles. The molecule has 7 nitrogen and oxygen atoms in total. The van der Waals surface area contributed by atoms with Crippen LogP contribution in [0.15, 0.2) is 70.2 Å². The average Bonchev–Trinajstić information content (AvgIpc) is 2.81. The fourth-order valence-corrected chi connectivity index (χ4v) is 3.53. The maximum Gasteiger partial charge on any atom is 0.261 e. The van der Waals surface area contributed by atoms with Crippen molar-refractivity contribution in [2.75, 3.05) is 11.9 Å². The summed E-state index contributed by atoms with van der Waals surface area (Å²) in [5, 5.41) is 13.4. The van der Waals surface area contributed by atoms with Gasteiger partial charge in [-0.05, 0) is 61.9 Å². The molecule has 2 heterocycles. The zero-order valence-electron chi connectivity index (χ0n) is 18.8. The second-order valence-electron chi connectivity index (χ2n) is 7.67. The van der Waals surface area contributed by atoms with Gasteiger partial charge >= 0.3 is 0 Å². The number of hydrogen-bond donors (Lipinski definition) is 2. The Morgan fingerprint density at radius 1 is 1.15 bits per heavy atom. The normalized spacial score (nSPS) is 11.6. The van der Waals surface area contributed by atoms with Crippen molar-refractivity contribution >= 4 is 28.3 Å². The molecule has 4 aromatic rings. The Hall–Kier alpha value is -3.97. The highest BCUT2D eigenvalue weighted by Crippen LogP contribution is 2.22. The topological polar surface area (TPSA) is 98.2 Å². The van der Waals surface area contributed by atoms with E-state index in [1.54, 1.807) is 24.4 Å². The van der Waals surface area contributed by atoms with Gasteiger partial charge in [0.2, 0.25) is 16.8 Å². The van der Waals surface area contributed by atoms with Crippen LogP contribution in [-0.2, 0) is 6.61 Å². The van der Waals surface area contributed by atoms with Crippen molar-refractivity contribution in [1.29, 1.82) is 0 Å². The summed E-state index contributed by atoms with van der Waals surface area (Å²) >= 11 is 0. The molecule has 0 spiro atoms. The lowest BCUT2D eigenvalue weighted by Gasteiger charge is -2.09. The number of aliphatic hydroxyl groups excluding tert-OH is 1. The number of aromatic nitrogens is 1. The summed E-state index contributed by atoms with van der Waals surface area (Å²) in [6.07, 6.45) is 1.71. The maximum atomic E-state index is 13.3. The number of pyridine rings is 1. The van der Waals surface area contributed by atoms with Crippen LogP contribution in [0.5, 0.6) is 5.75 Å². The van der Waals surface area contributed by atoms with Crippen LogP contribution >= 0.6 is 0 Å². The number of nitrogens with one attached hydrogen (secondary N) is 2. The van der Waals surface area contributed by atoms with Crippen molar-refractivity contribution in [3.8, 4) is 5.75 Å². The number of carbonyl (C=O) groups is 1. The Labute approximate surface area is 191 Å². The first-order valence-corrected chi connectivity index (χ1v) is 10.7. The second-order valence-corrected chi connectivity index (χ2v) is 7.67. The molecule has 2 aromatic heterocycles. The third-order valence-electron chi connectivity index (χ3n) is 5.18. The standard InChI is InChI=1S/C26H25N3O4/c1-4-32-21-10-8-19(9-11-21)29-26-23(25(31)28-20-7-5-6-16(2)12-20)13-22-18(15-30)14-27-17(3)24(22)33-26/h5-14,30H,4,15H2,1-3H3,(H,28,31)/p+1. The van der Waals surface area contributed by atoms with Crippen LogP contribution in [0.1, 0.15) is 34.1 Å². The van der Waals surface area contributed by atoms with E-state index in [1.807, 2.05) is 57.2 Å². The zero-order valence-corrected chi connectivity index (χ0v) is 18.8. The van der Waals surface area contributed by atoms with Gasteiger partial charge in [0.15, 0.2) is 6.20 Å². The number of ether oxygens (including phenoxy) is 1. The first-order chi connectivity index (χ1) is 16.0. The van der Waals surface area contributed by atoms with Gasteiger partial charge in [0.1, 0.15) is 11.3 Å². The minimum Gasteiger partial charge on any atom is -0.494 e. The van der Waals surface area contributed by atoms with E-state index in [0.29, 0.717) is 34.5 Å². The molecule has 3 N–H and O–H groups in total. The molecule has 1 amide bonds. The van der Waals surface area contributed by atoms with E-state index in [4.69, 9.17) is 9.15 Å². The van der Waals surface area contributed by atoms with Gasteiger partial charge in [-0.15, -0.1) is 0 Å². The number of aromatic amines is 1. The molecule has 2 aromatic carbocycles. The first kappa shape index (κ1) is 22.2. The SMILES string of the molecule is CCOc1ccc(N=c2oc3c(C)[nH+]cc(CO)c3cc2C(=O)Nc2cccc(C)c2)cc1. The predicted octanol–water partition coefficient (Wildman–Crippen LogP) is 4.24. The van der Waals surface area contributed by atoms with Gasteiger partial charge in [-0.3, -0.25) is 4.79 Å². The van der Waals surface area contributed by atoms with E-state index in [2.05, 4.69) is 15.3 Å². The summed E-state index contributed by atoms with van der Waals surface area (Å²) in [6, 6.07) is 16.5. The summed E-state index contributed by atoms with van der Waals surface area (Å²) in [5.41, 5.74) is 4.66. The molecule has 0 bridgehead atoms. The van der Waals surface area contributed by atoms with Crippen molar-refractivity contribution in [3.63, 3.8) is 0 Å². The van der Waals surface area contributed by atoms with E-state index in [0.717, 1.165) is 17.0 Å². The van der Waals surface area contributed by atoms with Gasteiger partial charge in [-0.25, -0.2) is 9.98 Å². The van der Waals surface area contributed by atoms with Gasteiger partial charge in [0.05, 0.1) is 24.5 Å². The Balaban J connectivity index is 1.87. The molecule has 0 saturated heterocycles. The van der Waals surface area contributed by atoms with E-state index in [9.17, 15) is 9.90 Å². The number of hydrogen-bond acceptors (Lipinski definition) is 5. The quantitative estimate of drug-likeness (QED) is 0.465. The second kappa shape index (κ2) is 9.67. The van der Waals surface area contributed by atoms with Crippen molar-refractivity contribution < 1.29 is 24.0 Å². The summed E-state index contributed by atoms with van der Waals surface area (Å²) in [4.78, 5) is 21.0. The Morgan fingerprint density at radius 2 is 1.94 bits per heavy atom. The van der Waals surface area contributed by atoms with E-state index in [-0.39, 0.29) is 23.6 Å². The summed E-state index contributed by atoms with van der Waals surface area (Å²) in [7, 11) is 0. The number of rotatable bonds is 6. The van der Waals surface area contributed by atoms with Crippen LogP contribution in [0.25, 0.3) is 11.0 Å². The number of nitrogens with zero attached hydrogens (tertiary/aromatic N) is 1. The molecule has 0 atom stereocenters. The minimum absolute atomic E-state index is 0.170. The Bertz CT molecular complexity index is 1370. The van der Waals surface area contributed by atoms with Crippen molar-refractivity contribution in [2.45, 2.75) is 27.4 Å². The molecule has 7 heteroatoms. The predicted molar refractivity (Wildman–Crippen MR) is 125 cm³/mol. The van der Waals surface area contributed by atoms with E-state index >= 15 is 0 Å². The summed E-state index contributed by atoms with van der Waals surface area (Å²) in [5.74, 6) is 0.382. The number of H-pyrrole nitrogens is 1. The third-order valence-corrected chi connectivity index (χ3v) is 5.18. The molecule has 0 radical (unpaired) electrons. The van der Waals surface area contributed by atoms with Crippen LogP contribution < -0.4 is 20.6 Å². The fourth-order valence-electron chi connectivity index (χ4n) is 3.53. The number of benzene rings is 2.